The van der Waals surface area contributed by atoms with E-state index in [1.54, 1.807) is 6.20 Å². The molecule has 5 rings (SSSR count). The third kappa shape index (κ3) is 3.81. The summed E-state index contributed by atoms with van der Waals surface area (Å²) in [6.07, 6.45) is 3.65. The van der Waals surface area contributed by atoms with Crippen molar-refractivity contribution in [3.05, 3.63) is 115 Å². The van der Waals surface area contributed by atoms with Gasteiger partial charge in [-0.25, -0.2) is 4.98 Å². The van der Waals surface area contributed by atoms with E-state index in [0.717, 1.165) is 33.5 Å². The van der Waals surface area contributed by atoms with Gasteiger partial charge in [0.2, 0.25) is 5.91 Å². The van der Waals surface area contributed by atoms with E-state index >= 15 is 0 Å². The van der Waals surface area contributed by atoms with E-state index in [2.05, 4.69) is 45.2 Å². The van der Waals surface area contributed by atoms with Crippen LogP contribution in [0.1, 0.15) is 17.4 Å². The minimum Gasteiger partial charge on any atom is -0.341 e. The molecule has 0 saturated heterocycles. The fourth-order valence-electron chi connectivity index (χ4n) is 4.18. The van der Waals surface area contributed by atoms with Crippen molar-refractivity contribution in [1.82, 2.24) is 19.4 Å². The molecule has 0 radical (unpaired) electrons. The van der Waals surface area contributed by atoms with Gasteiger partial charge in [-0.05, 0) is 23.3 Å². The fraction of sp³-hybridized carbons (Fsp3) is 0.111. The number of hydrogen-bond donors (Lipinski definition) is 1. The molecular formula is C27H24N4O. The van der Waals surface area contributed by atoms with Gasteiger partial charge in [0.05, 0.1) is 0 Å². The number of nitrogens with zero attached hydrogens (tertiary/aromatic N) is 3. The Hall–Kier alpha value is -4.12. The van der Waals surface area contributed by atoms with Gasteiger partial charge in [-0.2, -0.15) is 0 Å². The molecule has 158 valence electrons. The number of aromatic nitrogens is 3. The first kappa shape index (κ1) is 19.8. The van der Waals surface area contributed by atoms with Crippen LogP contribution in [0.5, 0.6) is 0 Å². The van der Waals surface area contributed by atoms with Crippen LogP contribution >= 0.6 is 0 Å². The molecule has 1 amide bonds. The summed E-state index contributed by atoms with van der Waals surface area (Å²) in [6.45, 7) is 0.214. The number of benzene rings is 3. The Balaban J connectivity index is 1.50. The van der Waals surface area contributed by atoms with Gasteiger partial charge >= 0.3 is 0 Å². The Kier molecular flexibility index (Phi) is 5.30. The van der Waals surface area contributed by atoms with Gasteiger partial charge < -0.3 is 14.5 Å². The van der Waals surface area contributed by atoms with Crippen LogP contribution in [0.4, 0.5) is 0 Å². The maximum atomic E-state index is 13.4. The van der Waals surface area contributed by atoms with Crippen LogP contribution < -0.4 is 5.32 Å². The summed E-state index contributed by atoms with van der Waals surface area (Å²) < 4.78 is 4.03. The predicted molar refractivity (Wildman–Crippen MR) is 127 cm³/mol. The normalized spacial score (nSPS) is 12.0. The fourth-order valence-corrected chi connectivity index (χ4v) is 4.18. The second kappa shape index (κ2) is 8.55. The van der Waals surface area contributed by atoms with Crippen LogP contribution in [0.25, 0.3) is 22.2 Å². The molecule has 0 aliphatic heterocycles. The number of para-hydroxylation sites is 1. The minimum atomic E-state index is -0.328. The molecule has 0 bridgehead atoms. The number of imidazole rings is 1. The van der Waals surface area contributed by atoms with Gasteiger partial charge in [0.15, 0.2) is 0 Å². The zero-order chi connectivity index (χ0) is 21.9. The molecule has 1 atom stereocenters. The lowest BCUT2D eigenvalue weighted by Gasteiger charge is -2.20. The van der Waals surface area contributed by atoms with Gasteiger partial charge in [-0.3, -0.25) is 4.79 Å². The van der Waals surface area contributed by atoms with E-state index in [0.29, 0.717) is 0 Å². The third-order valence-corrected chi connectivity index (χ3v) is 5.74. The summed E-state index contributed by atoms with van der Waals surface area (Å²) in [5, 5.41) is 4.33. The third-order valence-electron chi connectivity index (χ3n) is 5.74. The Bertz CT molecular complexity index is 1350. The average Bonchev–Trinajstić information content (AvgIpc) is 3.42. The second-order valence-electron chi connectivity index (χ2n) is 7.85. The smallest absolute Gasteiger partial charge is 0.240 e. The standard InChI is InChI=1S/C27H24N4O/c1-30-17-16-28-27(30)26(21-12-6-3-7-13-21)29-25(32)19-31-23-15-9-8-14-22(23)18-24(31)20-10-4-2-5-11-20/h2-18,26H,19H2,1H3,(H,29,32). The zero-order valence-electron chi connectivity index (χ0n) is 17.8. The van der Waals surface area contributed by atoms with Crippen molar-refractivity contribution in [3.8, 4) is 11.3 Å². The van der Waals surface area contributed by atoms with Crippen LogP contribution in [-0.2, 0) is 18.4 Å². The first-order valence-corrected chi connectivity index (χ1v) is 10.7. The number of amides is 1. The molecule has 2 aromatic heterocycles. The predicted octanol–water partition coefficient (Wildman–Crippen LogP) is 4.95. The van der Waals surface area contributed by atoms with E-state index < -0.39 is 0 Å². The number of aryl methyl sites for hydroxylation is 1. The molecule has 5 aromatic rings. The highest BCUT2D eigenvalue weighted by Crippen LogP contribution is 2.28. The number of nitrogens with one attached hydrogen (secondary N) is 1. The van der Waals surface area contributed by atoms with Crippen molar-refractivity contribution in [3.63, 3.8) is 0 Å². The molecule has 0 aliphatic rings. The zero-order valence-corrected chi connectivity index (χ0v) is 17.8. The SMILES string of the molecule is Cn1ccnc1C(NC(=O)Cn1c(-c2ccccc2)cc2ccccc21)c1ccccc1. The molecule has 32 heavy (non-hydrogen) atoms. The average molecular weight is 421 g/mol. The van der Waals surface area contributed by atoms with Crippen molar-refractivity contribution >= 4 is 16.8 Å². The van der Waals surface area contributed by atoms with Crippen LogP contribution in [-0.4, -0.2) is 20.0 Å². The van der Waals surface area contributed by atoms with Crippen LogP contribution in [0, 0.1) is 0 Å². The van der Waals surface area contributed by atoms with Gasteiger partial charge in [0.1, 0.15) is 18.4 Å². The van der Waals surface area contributed by atoms with Crippen LogP contribution in [0.15, 0.2) is 103 Å². The summed E-state index contributed by atoms with van der Waals surface area (Å²) in [7, 11) is 1.94. The molecule has 1 unspecified atom stereocenters. The molecule has 0 spiro atoms. The number of hydrogen-bond acceptors (Lipinski definition) is 2. The number of carbonyl (C=O) groups excluding carboxylic acids is 1. The molecule has 1 N–H and O–H groups in total. The lowest BCUT2D eigenvalue weighted by atomic mass is 10.1. The maximum absolute atomic E-state index is 13.4. The van der Waals surface area contributed by atoms with E-state index in [9.17, 15) is 4.79 Å². The second-order valence-corrected chi connectivity index (χ2v) is 7.85. The number of fused-ring (bicyclic) bond motifs is 1. The van der Waals surface area contributed by atoms with Crippen molar-refractivity contribution in [2.75, 3.05) is 0 Å². The number of rotatable bonds is 6. The summed E-state index contributed by atoms with van der Waals surface area (Å²) >= 11 is 0. The Morgan fingerprint density at radius 2 is 1.62 bits per heavy atom. The van der Waals surface area contributed by atoms with Crippen molar-refractivity contribution in [2.24, 2.45) is 7.05 Å². The van der Waals surface area contributed by atoms with E-state index in [4.69, 9.17) is 0 Å². The first-order valence-electron chi connectivity index (χ1n) is 10.7. The molecule has 0 saturated carbocycles. The van der Waals surface area contributed by atoms with Gasteiger partial charge in [0.25, 0.3) is 0 Å². The lowest BCUT2D eigenvalue weighted by molar-refractivity contribution is -0.122. The Morgan fingerprint density at radius 1 is 0.938 bits per heavy atom. The van der Waals surface area contributed by atoms with E-state index in [1.165, 1.54) is 0 Å². The summed E-state index contributed by atoms with van der Waals surface area (Å²) in [4.78, 5) is 17.9. The molecule has 2 heterocycles. The molecule has 3 aromatic carbocycles. The topological polar surface area (TPSA) is 51.9 Å². The molecule has 0 aliphatic carbocycles. The molecule has 5 heteroatoms. The van der Waals surface area contributed by atoms with Crippen LogP contribution in [0.3, 0.4) is 0 Å². The molecular weight excluding hydrogens is 396 g/mol. The van der Waals surface area contributed by atoms with Crippen molar-refractivity contribution in [2.45, 2.75) is 12.6 Å². The Morgan fingerprint density at radius 3 is 2.34 bits per heavy atom. The van der Waals surface area contributed by atoms with Gasteiger partial charge in [-0.1, -0.05) is 78.9 Å². The van der Waals surface area contributed by atoms with Gasteiger partial charge in [0, 0.05) is 36.0 Å². The largest absolute Gasteiger partial charge is 0.341 e. The summed E-state index contributed by atoms with van der Waals surface area (Å²) in [6, 6.07) is 30.1. The van der Waals surface area contributed by atoms with Crippen molar-refractivity contribution < 1.29 is 4.79 Å². The Labute approximate surface area is 187 Å². The quantitative estimate of drug-likeness (QED) is 0.423. The first-order chi connectivity index (χ1) is 15.7. The highest BCUT2D eigenvalue weighted by molar-refractivity contribution is 5.89. The van der Waals surface area contributed by atoms with Crippen LogP contribution in [0.2, 0.25) is 0 Å². The maximum Gasteiger partial charge on any atom is 0.240 e. The van der Waals surface area contributed by atoms with E-state index in [-0.39, 0.29) is 18.5 Å². The monoisotopic (exact) mass is 420 g/mol. The highest BCUT2D eigenvalue weighted by atomic mass is 16.2. The summed E-state index contributed by atoms with van der Waals surface area (Å²) in [5.74, 6) is 0.727. The van der Waals surface area contributed by atoms with Gasteiger partial charge in [-0.15, -0.1) is 0 Å². The summed E-state index contributed by atoms with van der Waals surface area (Å²) in [5.41, 5.74) is 4.14. The van der Waals surface area contributed by atoms with Crippen molar-refractivity contribution in [1.29, 1.82) is 0 Å². The molecule has 0 fully saturated rings. The van der Waals surface area contributed by atoms with E-state index in [1.807, 2.05) is 78.5 Å². The highest BCUT2D eigenvalue weighted by Gasteiger charge is 2.22. The molecule has 5 nitrogen and oxygen atoms in total. The lowest BCUT2D eigenvalue weighted by Crippen LogP contribution is -2.33. The number of carbonyl (C=O) groups is 1. The minimum absolute atomic E-state index is 0.0691.